The Morgan fingerprint density at radius 2 is 1.62 bits per heavy atom. The van der Waals surface area contributed by atoms with E-state index in [1.165, 1.54) is 0 Å². The molecule has 0 fully saturated rings. The molecule has 7 heteroatoms. The Bertz CT molecular complexity index is 247. The Kier molecular flexibility index (Phi) is 7.74. The molecular weight excluding hydrogens is 236 g/mol. The van der Waals surface area contributed by atoms with Crippen LogP contribution in [0.15, 0.2) is 0 Å². The summed E-state index contributed by atoms with van der Waals surface area (Å²) in [5, 5.41) is 0. The second-order valence-electron chi connectivity index (χ2n) is 2.87. The maximum atomic E-state index is 11.4. The highest BCUT2D eigenvalue weighted by atomic mass is 32.2. The second-order valence-corrected chi connectivity index (χ2v) is 3.92. The molecule has 0 radical (unpaired) electrons. The average molecular weight is 252 g/mol. The number of hydrogen-bond acceptors (Lipinski definition) is 5. The van der Waals surface area contributed by atoms with Gasteiger partial charge in [0.15, 0.2) is 17.0 Å². The maximum absolute atomic E-state index is 11.4. The minimum absolute atomic E-state index is 0.0548. The maximum Gasteiger partial charge on any atom is 0.320 e. The zero-order valence-electron chi connectivity index (χ0n) is 9.30. The van der Waals surface area contributed by atoms with Crippen LogP contribution in [-0.4, -0.2) is 39.7 Å². The Morgan fingerprint density at radius 1 is 1.19 bits per heavy atom. The lowest BCUT2D eigenvalue weighted by Crippen LogP contribution is -2.29. The number of carbonyl (C=O) groups is 2. The van der Waals surface area contributed by atoms with Crippen molar-refractivity contribution in [2.45, 2.75) is 20.3 Å². The van der Waals surface area contributed by atoms with Crippen LogP contribution in [0.5, 0.6) is 0 Å². The lowest BCUT2D eigenvalue weighted by molar-refractivity contribution is -0.161. The molecule has 0 aliphatic rings. The van der Waals surface area contributed by atoms with Crippen molar-refractivity contribution < 1.29 is 27.8 Å². The van der Waals surface area contributed by atoms with E-state index in [-0.39, 0.29) is 25.4 Å². The molecule has 0 aromatic carbocycles. The van der Waals surface area contributed by atoms with E-state index in [9.17, 15) is 13.8 Å². The van der Waals surface area contributed by atoms with Gasteiger partial charge in [-0.2, -0.15) is 0 Å². The van der Waals surface area contributed by atoms with Crippen LogP contribution < -0.4 is 0 Å². The van der Waals surface area contributed by atoms with Gasteiger partial charge in [0.05, 0.1) is 19.0 Å². The molecule has 0 saturated carbocycles. The molecule has 1 unspecified atom stereocenters. The van der Waals surface area contributed by atoms with E-state index >= 15 is 0 Å². The lowest BCUT2D eigenvalue weighted by Gasteiger charge is -2.13. The quantitative estimate of drug-likeness (QED) is 0.399. The Hall–Kier alpha value is -0.950. The zero-order chi connectivity index (χ0) is 12.6. The Labute approximate surface area is 96.6 Å². The Balaban J connectivity index is 4.42. The van der Waals surface area contributed by atoms with Gasteiger partial charge in [0.1, 0.15) is 0 Å². The first kappa shape index (κ1) is 15.0. The first-order valence-electron chi connectivity index (χ1n) is 4.93. The van der Waals surface area contributed by atoms with Gasteiger partial charge in [-0.25, -0.2) is 4.21 Å². The summed E-state index contributed by atoms with van der Waals surface area (Å²) < 4.78 is 28.4. The third-order valence-electron chi connectivity index (χ3n) is 1.72. The van der Waals surface area contributed by atoms with Crippen molar-refractivity contribution in [3.8, 4) is 0 Å². The van der Waals surface area contributed by atoms with Crippen LogP contribution in [0.2, 0.25) is 0 Å². The van der Waals surface area contributed by atoms with Gasteiger partial charge in [-0.1, -0.05) is 0 Å². The molecule has 16 heavy (non-hydrogen) atoms. The molecule has 0 amide bonds. The van der Waals surface area contributed by atoms with Gasteiger partial charge in [-0.05, 0) is 20.3 Å². The van der Waals surface area contributed by atoms with E-state index in [2.05, 4.69) is 9.47 Å². The fraction of sp³-hybridized carbons (Fsp3) is 0.778. The Morgan fingerprint density at radius 3 is 1.94 bits per heavy atom. The summed E-state index contributed by atoms with van der Waals surface area (Å²) in [6.45, 7) is 3.53. The van der Waals surface area contributed by atoms with Crippen molar-refractivity contribution >= 4 is 23.0 Å². The highest BCUT2D eigenvalue weighted by Gasteiger charge is 2.29. The number of ether oxygens (including phenoxy) is 2. The van der Waals surface area contributed by atoms with Crippen molar-refractivity contribution in [1.29, 1.82) is 0 Å². The largest absolute Gasteiger partial charge is 0.465 e. The van der Waals surface area contributed by atoms with Crippen molar-refractivity contribution in [1.82, 2.24) is 0 Å². The first-order chi connectivity index (χ1) is 7.52. The predicted octanol–water partition coefficient (Wildman–Crippen LogP) is 0.341. The summed E-state index contributed by atoms with van der Waals surface area (Å²) in [5.41, 5.74) is 0. The van der Waals surface area contributed by atoms with Gasteiger partial charge in [0, 0.05) is 0 Å². The summed E-state index contributed by atoms with van der Waals surface area (Å²) in [6.07, 6.45) is -0.0548. The monoisotopic (exact) mass is 252 g/mol. The number of rotatable bonds is 7. The van der Waals surface area contributed by atoms with Gasteiger partial charge < -0.3 is 14.0 Å². The molecule has 0 aromatic heterocycles. The number of hydrogen-bond donors (Lipinski definition) is 1. The molecule has 0 saturated heterocycles. The fourth-order valence-electron chi connectivity index (χ4n) is 1.04. The second kappa shape index (κ2) is 8.23. The van der Waals surface area contributed by atoms with Gasteiger partial charge in [-0.15, -0.1) is 0 Å². The molecule has 6 nitrogen and oxygen atoms in total. The van der Waals surface area contributed by atoms with E-state index in [1.54, 1.807) is 13.8 Å². The summed E-state index contributed by atoms with van der Waals surface area (Å²) in [5.74, 6) is -2.71. The lowest BCUT2D eigenvalue weighted by atomic mass is 10.1. The SMILES string of the molecule is CCOC(=O)C(CCS(=O)O)C(=O)OCC. The normalized spacial score (nSPS) is 12.2. The molecule has 0 spiro atoms. The van der Waals surface area contributed by atoms with Gasteiger partial charge in [0.2, 0.25) is 0 Å². The van der Waals surface area contributed by atoms with Gasteiger partial charge >= 0.3 is 11.9 Å². The molecular formula is C9H16O6S. The van der Waals surface area contributed by atoms with E-state index in [0.717, 1.165) is 0 Å². The summed E-state index contributed by atoms with van der Waals surface area (Å²) in [7, 11) is 0. The standard InChI is InChI=1S/C9H16O6S/c1-3-14-8(10)7(5-6-16(12)13)9(11)15-4-2/h7H,3-6H2,1-2H3,(H,12,13). The molecule has 94 valence electrons. The van der Waals surface area contributed by atoms with Crippen LogP contribution >= 0.6 is 0 Å². The minimum atomic E-state index is -2.04. The topological polar surface area (TPSA) is 89.9 Å². The molecule has 1 N–H and O–H groups in total. The van der Waals surface area contributed by atoms with Crippen molar-refractivity contribution in [3.05, 3.63) is 0 Å². The van der Waals surface area contributed by atoms with Crippen LogP contribution in [0.4, 0.5) is 0 Å². The molecule has 0 aliphatic carbocycles. The molecule has 0 heterocycles. The van der Waals surface area contributed by atoms with Crippen LogP contribution in [0.25, 0.3) is 0 Å². The highest BCUT2D eigenvalue weighted by Crippen LogP contribution is 2.09. The van der Waals surface area contributed by atoms with E-state index in [4.69, 9.17) is 4.55 Å². The molecule has 0 aromatic rings. The highest BCUT2D eigenvalue weighted by molar-refractivity contribution is 7.79. The zero-order valence-corrected chi connectivity index (χ0v) is 10.1. The van der Waals surface area contributed by atoms with E-state index in [0.29, 0.717) is 0 Å². The van der Waals surface area contributed by atoms with Crippen molar-refractivity contribution in [2.75, 3.05) is 19.0 Å². The molecule has 0 rings (SSSR count). The minimum Gasteiger partial charge on any atom is -0.465 e. The van der Waals surface area contributed by atoms with Crippen LogP contribution in [0.3, 0.4) is 0 Å². The van der Waals surface area contributed by atoms with Crippen LogP contribution in [0.1, 0.15) is 20.3 Å². The first-order valence-corrected chi connectivity index (χ1v) is 6.21. The van der Waals surface area contributed by atoms with E-state index in [1.807, 2.05) is 0 Å². The summed E-state index contributed by atoms with van der Waals surface area (Å²) >= 11 is -2.04. The van der Waals surface area contributed by atoms with Crippen molar-refractivity contribution in [2.24, 2.45) is 5.92 Å². The molecule has 0 bridgehead atoms. The molecule has 1 atom stereocenters. The van der Waals surface area contributed by atoms with Crippen LogP contribution in [-0.2, 0) is 30.1 Å². The van der Waals surface area contributed by atoms with Gasteiger partial charge in [-0.3, -0.25) is 9.59 Å². The third kappa shape index (κ3) is 5.82. The predicted molar refractivity (Wildman–Crippen MR) is 57.0 cm³/mol. The number of esters is 2. The van der Waals surface area contributed by atoms with Gasteiger partial charge in [0.25, 0.3) is 0 Å². The summed E-state index contributed by atoms with van der Waals surface area (Å²) in [6, 6.07) is 0. The van der Waals surface area contributed by atoms with Crippen molar-refractivity contribution in [3.63, 3.8) is 0 Å². The smallest absolute Gasteiger partial charge is 0.320 e. The number of carbonyl (C=O) groups excluding carboxylic acids is 2. The average Bonchev–Trinajstić information content (AvgIpc) is 2.18. The van der Waals surface area contributed by atoms with Crippen LogP contribution in [0, 0.1) is 5.92 Å². The summed E-state index contributed by atoms with van der Waals surface area (Å²) in [4.78, 5) is 22.7. The van der Waals surface area contributed by atoms with E-state index < -0.39 is 28.9 Å². The molecule has 0 aliphatic heterocycles. The fourth-order valence-corrected chi connectivity index (χ4v) is 1.47. The third-order valence-corrected chi connectivity index (χ3v) is 2.31.